The van der Waals surface area contributed by atoms with Crippen LogP contribution >= 0.6 is 0 Å². The summed E-state index contributed by atoms with van der Waals surface area (Å²) in [6.07, 6.45) is 0. The van der Waals surface area contributed by atoms with Gasteiger partial charge in [0.05, 0.1) is 18.1 Å². The molecule has 0 spiro atoms. The van der Waals surface area contributed by atoms with E-state index in [0.717, 1.165) is 28.1 Å². The minimum absolute atomic E-state index is 0.258. The van der Waals surface area contributed by atoms with E-state index in [4.69, 9.17) is 4.74 Å². The summed E-state index contributed by atoms with van der Waals surface area (Å²) in [5, 5.41) is 3.27. The Hall–Kier alpha value is -2.56. The van der Waals surface area contributed by atoms with Gasteiger partial charge in [-0.15, -0.1) is 0 Å². The first-order valence-electron chi connectivity index (χ1n) is 6.68. The summed E-state index contributed by atoms with van der Waals surface area (Å²) in [6, 6.07) is 10.9. The number of aryl methyl sites for hydroxylation is 1. The minimum Gasteiger partial charge on any atom is -0.494 e. The minimum atomic E-state index is -0.351. The lowest BCUT2D eigenvalue weighted by atomic mass is 10.2. The molecule has 3 aromatic rings. The lowest BCUT2D eigenvalue weighted by molar-refractivity contribution is 0.386. The summed E-state index contributed by atoms with van der Waals surface area (Å²) in [5.74, 6) is 0.795. The SMILES string of the molecule is COc1ccc(CNc2ccc3nc(C)[nH]c3c2)cc1F. The molecule has 0 atom stereocenters. The fraction of sp³-hybridized carbons (Fsp3) is 0.188. The zero-order chi connectivity index (χ0) is 14.8. The number of aromatic nitrogens is 2. The smallest absolute Gasteiger partial charge is 0.165 e. The van der Waals surface area contributed by atoms with E-state index in [9.17, 15) is 4.39 Å². The van der Waals surface area contributed by atoms with Crippen LogP contribution in [0.3, 0.4) is 0 Å². The molecule has 0 radical (unpaired) electrons. The molecule has 4 nitrogen and oxygen atoms in total. The third-order valence-electron chi connectivity index (χ3n) is 3.31. The number of nitrogens with one attached hydrogen (secondary N) is 2. The van der Waals surface area contributed by atoms with Crippen molar-refractivity contribution in [3.05, 3.63) is 53.6 Å². The van der Waals surface area contributed by atoms with Gasteiger partial charge in [-0.25, -0.2) is 9.37 Å². The van der Waals surface area contributed by atoms with E-state index in [0.29, 0.717) is 6.54 Å². The van der Waals surface area contributed by atoms with Crippen LogP contribution in [0.2, 0.25) is 0 Å². The molecule has 0 fully saturated rings. The van der Waals surface area contributed by atoms with E-state index in [1.807, 2.05) is 31.2 Å². The number of aromatic amines is 1. The fourth-order valence-corrected chi connectivity index (χ4v) is 2.27. The van der Waals surface area contributed by atoms with Gasteiger partial charge in [0.15, 0.2) is 11.6 Å². The van der Waals surface area contributed by atoms with E-state index < -0.39 is 0 Å². The first-order valence-corrected chi connectivity index (χ1v) is 6.68. The van der Waals surface area contributed by atoms with Crippen molar-refractivity contribution >= 4 is 16.7 Å². The molecule has 0 amide bonds. The number of hydrogen-bond donors (Lipinski definition) is 2. The summed E-state index contributed by atoms with van der Waals surface area (Å²) < 4.78 is 18.5. The molecule has 21 heavy (non-hydrogen) atoms. The number of benzene rings is 2. The summed E-state index contributed by atoms with van der Waals surface area (Å²) >= 11 is 0. The van der Waals surface area contributed by atoms with Crippen LogP contribution in [0.25, 0.3) is 11.0 Å². The molecule has 1 heterocycles. The second-order valence-electron chi connectivity index (χ2n) is 4.88. The van der Waals surface area contributed by atoms with E-state index in [1.165, 1.54) is 13.2 Å². The summed E-state index contributed by atoms with van der Waals surface area (Å²) in [5.41, 5.74) is 3.74. The Morgan fingerprint density at radius 1 is 1.24 bits per heavy atom. The average molecular weight is 285 g/mol. The zero-order valence-corrected chi connectivity index (χ0v) is 11.9. The molecule has 2 aromatic carbocycles. The lowest BCUT2D eigenvalue weighted by Crippen LogP contribution is -2.00. The van der Waals surface area contributed by atoms with Gasteiger partial charge in [0.1, 0.15) is 5.82 Å². The van der Waals surface area contributed by atoms with Crippen LogP contribution in [0.5, 0.6) is 5.75 Å². The van der Waals surface area contributed by atoms with Crippen molar-refractivity contribution in [2.45, 2.75) is 13.5 Å². The monoisotopic (exact) mass is 285 g/mol. The predicted octanol–water partition coefficient (Wildman–Crippen LogP) is 3.63. The van der Waals surface area contributed by atoms with Crippen molar-refractivity contribution in [3.63, 3.8) is 0 Å². The maximum atomic E-state index is 13.6. The highest BCUT2D eigenvalue weighted by Gasteiger charge is 2.04. The Balaban J connectivity index is 1.75. The maximum Gasteiger partial charge on any atom is 0.165 e. The Bertz CT molecular complexity index is 782. The number of methoxy groups -OCH3 is 1. The second kappa shape index (κ2) is 5.44. The van der Waals surface area contributed by atoms with Crippen LogP contribution in [0.4, 0.5) is 10.1 Å². The molecule has 1 aromatic heterocycles. The lowest BCUT2D eigenvalue weighted by Gasteiger charge is -2.08. The molecule has 0 bridgehead atoms. The van der Waals surface area contributed by atoms with Crippen LogP contribution in [-0.4, -0.2) is 17.1 Å². The van der Waals surface area contributed by atoms with Crippen molar-refractivity contribution in [1.82, 2.24) is 9.97 Å². The highest BCUT2D eigenvalue weighted by atomic mass is 19.1. The molecule has 0 aliphatic rings. The molecule has 0 unspecified atom stereocenters. The molecule has 0 aliphatic heterocycles. The van der Waals surface area contributed by atoms with Gasteiger partial charge in [0.2, 0.25) is 0 Å². The summed E-state index contributed by atoms with van der Waals surface area (Å²) in [4.78, 5) is 7.55. The fourth-order valence-electron chi connectivity index (χ4n) is 2.27. The van der Waals surface area contributed by atoms with Gasteiger partial charge in [0, 0.05) is 12.2 Å². The van der Waals surface area contributed by atoms with Crippen molar-refractivity contribution in [1.29, 1.82) is 0 Å². The normalized spacial score (nSPS) is 10.8. The Kier molecular flexibility index (Phi) is 3.48. The predicted molar refractivity (Wildman–Crippen MR) is 81.1 cm³/mol. The Labute approximate surface area is 122 Å². The first kappa shape index (κ1) is 13.4. The zero-order valence-electron chi connectivity index (χ0n) is 11.9. The number of hydrogen-bond acceptors (Lipinski definition) is 3. The number of nitrogens with zero attached hydrogens (tertiary/aromatic N) is 1. The van der Waals surface area contributed by atoms with E-state index >= 15 is 0 Å². The van der Waals surface area contributed by atoms with Crippen molar-refractivity contribution in [2.75, 3.05) is 12.4 Å². The van der Waals surface area contributed by atoms with Crippen molar-refractivity contribution < 1.29 is 9.13 Å². The molecule has 3 rings (SSSR count). The highest BCUT2D eigenvalue weighted by molar-refractivity contribution is 5.79. The van der Waals surface area contributed by atoms with Crippen LogP contribution < -0.4 is 10.1 Å². The van der Waals surface area contributed by atoms with Crippen LogP contribution in [-0.2, 0) is 6.54 Å². The summed E-state index contributed by atoms with van der Waals surface area (Å²) in [7, 11) is 1.46. The van der Waals surface area contributed by atoms with E-state index in [1.54, 1.807) is 6.07 Å². The number of ether oxygens (including phenoxy) is 1. The number of halogens is 1. The van der Waals surface area contributed by atoms with Crippen LogP contribution in [0.15, 0.2) is 36.4 Å². The number of imidazole rings is 1. The topological polar surface area (TPSA) is 49.9 Å². The molecular weight excluding hydrogens is 269 g/mol. The number of anilines is 1. The number of H-pyrrole nitrogens is 1. The van der Waals surface area contributed by atoms with E-state index in [-0.39, 0.29) is 11.6 Å². The molecule has 0 saturated heterocycles. The standard InChI is InChI=1S/C16H16FN3O/c1-10-19-14-5-4-12(8-15(14)20-10)18-9-11-3-6-16(21-2)13(17)7-11/h3-8,18H,9H2,1-2H3,(H,19,20). The quantitative estimate of drug-likeness (QED) is 0.769. The van der Waals surface area contributed by atoms with Gasteiger partial charge in [-0.3, -0.25) is 0 Å². The Morgan fingerprint density at radius 2 is 2.10 bits per heavy atom. The third-order valence-corrected chi connectivity index (χ3v) is 3.31. The Morgan fingerprint density at radius 3 is 2.86 bits per heavy atom. The molecule has 0 saturated carbocycles. The highest BCUT2D eigenvalue weighted by Crippen LogP contribution is 2.20. The third kappa shape index (κ3) is 2.81. The largest absolute Gasteiger partial charge is 0.494 e. The first-order chi connectivity index (χ1) is 10.2. The molecule has 2 N–H and O–H groups in total. The molecular formula is C16H16FN3O. The second-order valence-corrected chi connectivity index (χ2v) is 4.88. The molecule has 108 valence electrons. The van der Waals surface area contributed by atoms with Crippen LogP contribution in [0.1, 0.15) is 11.4 Å². The molecule has 5 heteroatoms. The van der Waals surface area contributed by atoms with Gasteiger partial charge in [-0.2, -0.15) is 0 Å². The van der Waals surface area contributed by atoms with Crippen molar-refractivity contribution in [2.24, 2.45) is 0 Å². The maximum absolute atomic E-state index is 13.6. The number of rotatable bonds is 4. The molecule has 0 aliphatic carbocycles. The van der Waals surface area contributed by atoms with Gasteiger partial charge < -0.3 is 15.0 Å². The van der Waals surface area contributed by atoms with Gasteiger partial charge >= 0.3 is 0 Å². The van der Waals surface area contributed by atoms with Gasteiger partial charge in [0.25, 0.3) is 0 Å². The van der Waals surface area contributed by atoms with Gasteiger partial charge in [-0.05, 0) is 42.8 Å². The average Bonchev–Trinajstić information content (AvgIpc) is 2.84. The van der Waals surface area contributed by atoms with Gasteiger partial charge in [-0.1, -0.05) is 6.07 Å². The van der Waals surface area contributed by atoms with E-state index in [2.05, 4.69) is 15.3 Å². The summed E-state index contributed by atoms with van der Waals surface area (Å²) in [6.45, 7) is 2.47. The van der Waals surface area contributed by atoms with Crippen molar-refractivity contribution in [3.8, 4) is 5.75 Å². The van der Waals surface area contributed by atoms with Crippen LogP contribution in [0, 0.1) is 12.7 Å². The number of fused-ring (bicyclic) bond motifs is 1.